The van der Waals surface area contributed by atoms with Crippen molar-refractivity contribution < 1.29 is 9.59 Å². The molecule has 2 N–H and O–H groups in total. The van der Waals surface area contributed by atoms with Crippen LogP contribution in [-0.4, -0.2) is 29.0 Å². The van der Waals surface area contributed by atoms with Crippen molar-refractivity contribution in [3.05, 3.63) is 81.8 Å². The van der Waals surface area contributed by atoms with Crippen LogP contribution in [0.4, 0.5) is 0 Å². The zero-order valence-electron chi connectivity index (χ0n) is 18.6. The summed E-state index contributed by atoms with van der Waals surface area (Å²) in [5.41, 5.74) is 1.07. The van der Waals surface area contributed by atoms with Crippen LogP contribution in [0.3, 0.4) is 0 Å². The SMILES string of the molecule is O=C(NC[C@H]1C[C@H]2C=C[C@@H]1C21CC1)c1cn(Cc2ccccc2)cc(C(=O)NC2CC2)c1=O. The number of carbonyl (C=O) groups excluding carboxylic acids is 2. The van der Waals surface area contributed by atoms with E-state index in [1.165, 1.54) is 12.8 Å². The lowest BCUT2D eigenvalue weighted by Gasteiger charge is -2.20. The van der Waals surface area contributed by atoms with Gasteiger partial charge in [-0.3, -0.25) is 14.4 Å². The number of nitrogens with zero attached hydrogens (tertiary/aromatic N) is 1. The predicted octanol–water partition coefficient (Wildman–Crippen LogP) is 3.12. The first-order valence-electron chi connectivity index (χ1n) is 12.1. The molecular weight excluding hydrogens is 414 g/mol. The summed E-state index contributed by atoms with van der Waals surface area (Å²) in [6, 6.07) is 9.94. The molecule has 33 heavy (non-hydrogen) atoms. The second kappa shape index (κ2) is 7.72. The molecule has 4 aliphatic carbocycles. The maximum absolute atomic E-state index is 13.1. The first-order valence-corrected chi connectivity index (χ1v) is 12.1. The van der Waals surface area contributed by atoms with Gasteiger partial charge in [0, 0.05) is 31.5 Å². The fraction of sp³-hybridized carbons (Fsp3) is 0.444. The third-order valence-corrected chi connectivity index (χ3v) is 8.06. The Morgan fingerprint density at radius 3 is 2.39 bits per heavy atom. The van der Waals surface area contributed by atoms with E-state index in [0.717, 1.165) is 24.8 Å². The van der Waals surface area contributed by atoms with E-state index in [0.29, 0.717) is 36.3 Å². The molecule has 1 aromatic heterocycles. The van der Waals surface area contributed by atoms with Gasteiger partial charge in [0.1, 0.15) is 11.1 Å². The molecule has 0 aliphatic heterocycles. The summed E-state index contributed by atoms with van der Waals surface area (Å²) < 4.78 is 1.77. The Morgan fingerprint density at radius 1 is 1.00 bits per heavy atom. The van der Waals surface area contributed by atoms with Crippen LogP contribution >= 0.6 is 0 Å². The number of carbonyl (C=O) groups is 2. The van der Waals surface area contributed by atoms with Gasteiger partial charge in [0.15, 0.2) is 0 Å². The molecule has 6 rings (SSSR count). The third-order valence-electron chi connectivity index (χ3n) is 8.06. The van der Waals surface area contributed by atoms with Gasteiger partial charge in [0.05, 0.1) is 0 Å². The van der Waals surface area contributed by atoms with Crippen molar-refractivity contribution in [3.63, 3.8) is 0 Å². The molecule has 6 heteroatoms. The molecule has 0 unspecified atom stereocenters. The topological polar surface area (TPSA) is 80.2 Å². The fourth-order valence-corrected chi connectivity index (χ4v) is 6.01. The summed E-state index contributed by atoms with van der Waals surface area (Å²) in [5, 5.41) is 5.91. The number of hydrogen-bond acceptors (Lipinski definition) is 3. The van der Waals surface area contributed by atoms with Gasteiger partial charge in [-0.15, -0.1) is 0 Å². The highest BCUT2D eigenvalue weighted by atomic mass is 16.2. The molecule has 3 atom stereocenters. The van der Waals surface area contributed by atoms with E-state index in [4.69, 9.17) is 0 Å². The van der Waals surface area contributed by atoms with Crippen molar-refractivity contribution in [2.24, 2.45) is 23.2 Å². The smallest absolute Gasteiger partial charge is 0.256 e. The zero-order chi connectivity index (χ0) is 22.6. The Morgan fingerprint density at radius 2 is 1.73 bits per heavy atom. The van der Waals surface area contributed by atoms with Crippen LogP contribution in [0.1, 0.15) is 58.4 Å². The number of amides is 2. The van der Waals surface area contributed by atoms with Crippen LogP contribution in [0.15, 0.2) is 59.7 Å². The van der Waals surface area contributed by atoms with E-state index in [-0.39, 0.29) is 23.1 Å². The molecule has 4 aliphatic rings. The standard InChI is InChI=1S/C27H29N3O3/c31-24-21(25(32)28-13-18-12-19-6-9-23(18)27(19)10-11-27)15-30(14-17-4-2-1-3-5-17)16-22(24)26(33)29-20-7-8-20/h1-6,9,15-16,18-20,23H,7-8,10-14H2,(H,28,32)(H,29,33)/t18-,19-,23+/m1/s1. The molecule has 0 saturated heterocycles. The fourth-order valence-electron chi connectivity index (χ4n) is 6.01. The number of benzene rings is 1. The Balaban J connectivity index is 1.24. The Kier molecular flexibility index (Phi) is 4.78. The molecule has 6 nitrogen and oxygen atoms in total. The summed E-state index contributed by atoms with van der Waals surface area (Å²) >= 11 is 0. The van der Waals surface area contributed by atoms with E-state index in [9.17, 15) is 14.4 Å². The highest BCUT2D eigenvalue weighted by Crippen LogP contribution is 2.69. The largest absolute Gasteiger partial charge is 0.352 e. The quantitative estimate of drug-likeness (QED) is 0.646. The lowest BCUT2D eigenvalue weighted by Crippen LogP contribution is -2.38. The monoisotopic (exact) mass is 443 g/mol. The maximum Gasteiger partial charge on any atom is 0.256 e. The summed E-state index contributed by atoms with van der Waals surface area (Å²) in [7, 11) is 0. The second-order valence-electron chi connectivity index (χ2n) is 10.3. The van der Waals surface area contributed by atoms with Gasteiger partial charge in [-0.1, -0.05) is 42.5 Å². The van der Waals surface area contributed by atoms with Gasteiger partial charge in [-0.25, -0.2) is 0 Å². The average Bonchev–Trinajstić information content (AvgIpc) is 3.73. The Labute approximate surface area is 193 Å². The van der Waals surface area contributed by atoms with Gasteiger partial charge in [0.2, 0.25) is 5.43 Å². The first kappa shape index (κ1) is 20.5. The minimum atomic E-state index is -0.499. The van der Waals surface area contributed by atoms with Crippen molar-refractivity contribution in [2.45, 2.75) is 44.7 Å². The number of pyridine rings is 1. The molecule has 3 saturated carbocycles. The average molecular weight is 444 g/mol. The highest BCUT2D eigenvalue weighted by Gasteiger charge is 2.62. The maximum atomic E-state index is 13.1. The van der Waals surface area contributed by atoms with E-state index < -0.39 is 11.3 Å². The summed E-state index contributed by atoms with van der Waals surface area (Å²) in [5.74, 6) is 0.849. The highest BCUT2D eigenvalue weighted by molar-refractivity contribution is 5.99. The molecule has 2 bridgehead atoms. The molecule has 2 amide bonds. The van der Waals surface area contributed by atoms with E-state index in [1.807, 2.05) is 30.3 Å². The Hall–Kier alpha value is -3.15. The van der Waals surface area contributed by atoms with E-state index in [2.05, 4.69) is 22.8 Å². The molecule has 1 heterocycles. The summed E-state index contributed by atoms with van der Waals surface area (Å²) in [4.78, 5) is 39.1. The van der Waals surface area contributed by atoms with Crippen molar-refractivity contribution in [3.8, 4) is 0 Å². The van der Waals surface area contributed by atoms with Crippen LogP contribution < -0.4 is 16.1 Å². The van der Waals surface area contributed by atoms with Crippen molar-refractivity contribution >= 4 is 11.8 Å². The van der Waals surface area contributed by atoms with Gasteiger partial charge < -0.3 is 15.2 Å². The van der Waals surface area contributed by atoms with Crippen LogP contribution in [0.2, 0.25) is 0 Å². The van der Waals surface area contributed by atoms with Gasteiger partial charge in [-0.05, 0) is 60.8 Å². The molecule has 2 aromatic rings. The van der Waals surface area contributed by atoms with Crippen LogP contribution in [-0.2, 0) is 6.54 Å². The number of nitrogens with one attached hydrogen (secondary N) is 2. The molecule has 1 spiro atoms. The predicted molar refractivity (Wildman–Crippen MR) is 125 cm³/mol. The van der Waals surface area contributed by atoms with Crippen molar-refractivity contribution in [2.75, 3.05) is 6.54 Å². The van der Waals surface area contributed by atoms with E-state index >= 15 is 0 Å². The molecule has 170 valence electrons. The lowest BCUT2D eigenvalue weighted by molar-refractivity contribution is 0.0942. The number of hydrogen-bond donors (Lipinski definition) is 2. The van der Waals surface area contributed by atoms with Gasteiger partial charge in [-0.2, -0.15) is 0 Å². The lowest BCUT2D eigenvalue weighted by atomic mass is 9.89. The Bertz CT molecular complexity index is 1190. The summed E-state index contributed by atoms with van der Waals surface area (Å²) in [6.07, 6.45) is 13.4. The molecule has 0 radical (unpaired) electrons. The van der Waals surface area contributed by atoms with E-state index in [1.54, 1.807) is 17.0 Å². The van der Waals surface area contributed by atoms with Crippen LogP contribution in [0, 0.1) is 23.2 Å². The van der Waals surface area contributed by atoms with Crippen LogP contribution in [0.5, 0.6) is 0 Å². The minimum Gasteiger partial charge on any atom is -0.352 e. The number of aromatic nitrogens is 1. The van der Waals surface area contributed by atoms with Crippen molar-refractivity contribution in [1.29, 1.82) is 0 Å². The molecule has 3 fully saturated rings. The van der Waals surface area contributed by atoms with Crippen molar-refractivity contribution in [1.82, 2.24) is 15.2 Å². The first-order chi connectivity index (χ1) is 16.0. The van der Waals surface area contributed by atoms with Crippen LogP contribution in [0.25, 0.3) is 0 Å². The summed E-state index contributed by atoms with van der Waals surface area (Å²) in [6.45, 7) is 1.05. The zero-order valence-corrected chi connectivity index (χ0v) is 18.6. The number of allylic oxidation sites excluding steroid dienone is 2. The second-order valence-corrected chi connectivity index (χ2v) is 10.3. The van der Waals surface area contributed by atoms with Gasteiger partial charge >= 0.3 is 0 Å². The molecular formula is C27H29N3O3. The third kappa shape index (κ3) is 3.71. The molecule has 1 aromatic carbocycles. The number of rotatable bonds is 7. The van der Waals surface area contributed by atoms with Gasteiger partial charge in [0.25, 0.3) is 11.8 Å². The minimum absolute atomic E-state index is 0.0327. The normalized spacial score (nSPS) is 25.9.